The highest BCUT2D eigenvalue weighted by Crippen LogP contribution is 2.27. The van der Waals surface area contributed by atoms with Crippen molar-refractivity contribution in [1.29, 1.82) is 0 Å². The molecule has 0 unspecified atom stereocenters. The van der Waals surface area contributed by atoms with Crippen LogP contribution in [0.25, 0.3) is 10.9 Å². The molecular formula is C18H24N2O2. The number of amides is 1. The number of hydrogen-bond acceptors (Lipinski definition) is 2. The molecule has 1 amide bonds. The molecule has 0 spiro atoms. The van der Waals surface area contributed by atoms with Crippen LogP contribution >= 0.6 is 0 Å². The number of aromatic amines is 1. The molecule has 22 heavy (non-hydrogen) atoms. The number of carbonyl (C=O) groups excluding carboxylic acids is 1. The maximum Gasteiger partial charge on any atom is 0.224 e. The van der Waals surface area contributed by atoms with Gasteiger partial charge in [0.25, 0.3) is 0 Å². The van der Waals surface area contributed by atoms with Crippen molar-refractivity contribution in [2.75, 3.05) is 6.54 Å². The predicted octanol–water partition coefficient (Wildman–Crippen LogP) is 2.83. The van der Waals surface area contributed by atoms with Crippen molar-refractivity contribution in [3.05, 3.63) is 35.5 Å². The van der Waals surface area contributed by atoms with Gasteiger partial charge in [0, 0.05) is 23.6 Å². The Morgan fingerprint density at radius 3 is 2.86 bits per heavy atom. The van der Waals surface area contributed by atoms with Crippen LogP contribution in [0.5, 0.6) is 0 Å². The minimum atomic E-state index is -0.703. The molecule has 4 heteroatoms. The second kappa shape index (κ2) is 6.13. The van der Waals surface area contributed by atoms with Gasteiger partial charge in [-0.05, 0) is 37.0 Å². The fraction of sp³-hybridized carbons (Fsp3) is 0.500. The summed E-state index contributed by atoms with van der Waals surface area (Å²) in [6.45, 7) is 2.42. The van der Waals surface area contributed by atoms with Gasteiger partial charge in [-0.3, -0.25) is 4.79 Å². The molecule has 1 aromatic heterocycles. The van der Waals surface area contributed by atoms with Gasteiger partial charge in [0.2, 0.25) is 5.91 Å². The average Bonchev–Trinajstić information content (AvgIpc) is 2.88. The highest BCUT2D eigenvalue weighted by atomic mass is 16.3. The number of H-pyrrole nitrogens is 1. The molecule has 0 atom stereocenters. The smallest absolute Gasteiger partial charge is 0.224 e. The minimum Gasteiger partial charge on any atom is -0.388 e. The summed E-state index contributed by atoms with van der Waals surface area (Å²) >= 11 is 0. The number of benzene rings is 1. The van der Waals surface area contributed by atoms with Crippen LogP contribution in [0.1, 0.15) is 43.2 Å². The summed E-state index contributed by atoms with van der Waals surface area (Å²) in [5.41, 5.74) is 2.56. The fourth-order valence-corrected chi connectivity index (χ4v) is 3.33. The topological polar surface area (TPSA) is 65.1 Å². The van der Waals surface area contributed by atoms with Crippen molar-refractivity contribution in [2.24, 2.45) is 0 Å². The van der Waals surface area contributed by atoms with E-state index < -0.39 is 5.60 Å². The third-order valence-electron chi connectivity index (χ3n) is 4.67. The largest absolute Gasteiger partial charge is 0.388 e. The van der Waals surface area contributed by atoms with E-state index in [-0.39, 0.29) is 5.91 Å². The van der Waals surface area contributed by atoms with Crippen LogP contribution in [0.4, 0.5) is 0 Å². The van der Waals surface area contributed by atoms with E-state index in [2.05, 4.69) is 35.4 Å². The van der Waals surface area contributed by atoms with E-state index in [4.69, 9.17) is 0 Å². The molecule has 1 saturated carbocycles. The SMILES string of the molecule is Cc1ccc2c(CC(=O)NCC3(O)CCCCC3)c[nH]c2c1. The Bertz CT molecular complexity index is 669. The van der Waals surface area contributed by atoms with E-state index in [0.717, 1.165) is 42.1 Å². The maximum atomic E-state index is 12.2. The first kappa shape index (κ1) is 15.1. The second-order valence-corrected chi connectivity index (χ2v) is 6.60. The van der Waals surface area contributed by atoms with Crippen LogP contribution in [0.15, 0.2) is 24.4 Å². The molecule has 4 nitrogen and oxygen atoms in total. The molecule has 1 aliphatic carbocycles. The van der Waals surface area contributed by atoms with Crippen molar-refractivity contribution >= 4 is 16.8 Å². The van der Waals surface area contributed by atoms with Crippen LogP contribution in [0.3, 0.4) is 0 Å². The predicted molar refractivity (Wildman–Crippen MR) is 87.8 cm³/mol. The van der Waals surface area contributed by atoms with Gasteiger partial charge in [0.15, 0.2) is 0 Å². The summed E-state index contributed by atoms with van der Waals surface area (Å²) in [5.74, 6) is -0.0273. The molecule has 3 rings (SSSR count). The number of rotatable bonds is 4. The Balaban J connectivity index is 1.61. The second-order valence-electron chi connectivity index (χ2n) is 6.60. The third kappa shape index (κ3) is 3.33. The lowest BCUT2D eigenvalue weighted by Gasteiger charge is -2.32. The van der Waals surface area contributed by atoms with Crippen molar-refractivity contribution in [3.63, 3.8) is 0 Å². The standard InChI is InChI=1S/C18H24N2O2/c1-13-5-6-15-14(11-19-16(15)9-13)10-17(21)20-12-18(22)7-3-2-4-8-18/h5-6,9,11,19,22H,2-4,7-8,10,12H2,1H3,(H,20,21). The molecule has 118 valence electrons. The van der Waals surface area contributed by atoms with Gasteiger partial charge in [-0.25, -0.2) is 0 Å². The fourth-order valence-electron chi connectivity index (χ4n) is 3.33. The Hall–Kier alpha value is -1.81. The molecule has 1 aromatic carbocycles. The summed E-state index contributed by atoms with van der Waals surface area (Å²) in [7, 11) is 0. The van der Waals surface area contributed by atoms with E-state index in [9.17, 15) is 9.90 Å². The Labute approximate surface area is 130 Å². The van der Waals surface area contributed by atoms with Crippen molar-refractivity contribution in [1.82, 2.24) is 10.3 Å². The highest BCUT2D eigenvalue weighted by molar-refractivity contribution is 5.89. The lowest BCUT2D eigenvalue weighted by atomic mass is 9.85. The minimum absolute atomic E-state index is 0.0273. The summed E-state index contributed by atoms with van der Waals surface area (Å²) in [6.07, 6.45) is 7.12. The van der Waals surface area contributed by atoms with Gasteiger partial charge in [-0.2, -0.15) is 0 Å². The number of fused-ring (bicyclic) bond motifs is 1. The van der Waals surface area contributed by atoms with Crippen molar-refractivity contribution < 1.29 is 9.90 Å². The number of aryl methyl sites for hydroxylation is 1. The normalized spacial score (nSPS) is 17.5. The molecule has 1 fully saturated rings. The first-order valence-corrected chi connectivity index (χ1v) is 8.11. The van der Waals surface area contributed by atoms with Gasteiger partial charge < -0.3 is 15.4 Å². The van der Waals surface area contributed by atoms with E-state index in [1.165, 1.54) is 12.0 Å². The van der Waals surface area contributed by atoms with Gasteiger partial charge >= 0.3 is 0 Å². The van der Waals surface area contributed by atoms with Crippen LogP contribution in [-0.4, -0.2) is 28.1 Å². The lowest BCUT2D eigenvalue weighted by Crippen LogP contribution is -2.44. The molecule has 0 aliphatic heterocycles. The molecule has 0 saturated heterocycles. The van der Waals surface area contributed by atoms with Gasteiger partial charge in [0.1, 0.15) is 0 Å². The summed E-state index contributed by atoms with van der Waals surface area (Å²) < 4.78 is 0. The zero-order valence-corrected chi connectivity index (χ0v) is 13.1. The van der Waals surface area contributed by atoms with Gasteiger partial charge in [0.05, 0.1) is 12.0 Å². The molecular weight excluding hydrogens is 276 g/mol. The van der Waals surface area contributed by atoms with E-state index in [1.807, 2.05) is 6.20 Å². The number of hydrogen-bond donors (Lipinski definition) is 3. The Morgan fingerprint density at radius 2 is 2.09 bits per heavy atom. The van der Waals surface area contributed by atoms with Gasteiger partial charge in [-0.15, -0.1) is 0 Å². The maximum absolute atomic E-state index is 12.2. The van der Waals surface area contributed by atoms with Crippen LogP contribution in [-0.2, 0) is 11.2 Å². The first-order valence-electron chi connectivity index (χ1n) is 8.11. The summed E-state index contributed by atoms with van der Waals surface area (Å²) in [4.78, 5) is 15.4. The number of nitrogens with one attached hydrogen (secondary N) is 2. The lowest BCUT2D eigenvalue weighted by molar-refractivity contribution is -0.122. The molecule has 0 bridgehead atoms. The zero-order valence-electron chi connectivity index (χ0n) is 13.1. The monoisotopic (exact) mass is 300 g/mol. The molecule has 2 aromatic rings. The number of aromatic nitrogens is 1. The summed E-state index contributed by atoms with van der Waals surface area (Å²) in [6, 6.07) is 6.20. The molecule has 1 aliphatic rings. The summed E-state index contributed by atoms with van der Waals surface area (Å²) in [5, 5.41) is 14.4. The average molecular weight is 300 g/mol. The Morgan fingerprint density at radius 1 is 1.32 bits per heavy atom. The van der Waals surface area contributed by atoms with Crippen LogP contribution in [0, 0.1) is 6.92 Å². The molecule has 0 radical (unpaired) electrons. The van der Waals surface area contributed by atoms with Crippen molar-refractivity contribution in [2.45, 2.75) is 51.0 Å². The van der Waals surface area contributed by atoms with Crippen LogP contribution < -0.4 is 5.32 Å². The van der Waals surface area contributed by atoms with E-state index in [0.29, 0.717) is 13.0 Å². The highest BCUT2D eigenvalue weighted by Gasteiger charge is 2.29. The molecule has 3 N–H and O–H groups in total. The zero-order chi connectivity index (χ0) is 15.6. The quantitative estimate of drug-likeness (QED) is 0.813. The molecule has 1 heterocycles. The third-order valence-corrected chi connectivity index (χ3v) is 4.67. The van der Waals surface area contributed by atoms with E-state index in [1.54, 1.807) is 0 Å². The first-order chi connectivity index (χ1) is 10.6. The number of carbonyl (C=O) groups is 1. The van der Waals surface area contributed by atoms with Crippen molar-refractivity contribution in [3.8, 4) is 0 Å². The Kier molecular flexibility index (Phi) is 4.21. The van der Waals surface area contributed by atoms with E-state index >= 15 is 0 Å². The van der Waals surface area contributed by atoms with Gasteiger partial charge in [-0.1, -0.05) is 31.4 Å². The van der Waals surface area contributed by atoms with Crippen LogP contribution in [0.2, 0.25) is 0 Å². The number of aliphatic hydroxyl groups is 1.